The van der Waals surface area contributed by atoms with Crippen molar-refractivity contribution in [2.45, 2.75) is 25.0 Å². The lowest BCUT2D eigenvalue weighted by atomic mass is 10.2. The number of ether oxygens (including phenoxy) is 1. The van der Waals surface area contributed by atoms with E-state index in [4.69, 9.17) is 4.74 Å². The molecule has 0 aromatic carbocycles. The van der Waals surface area contributed by atoms with Crippen LogP contribution in [0, 0.1) is 0 Å². The van der Waals surface area contributed by atoms with Crippen LogP contribution in [0.2, 0.25) is 0 Å². The number of hydrogen-bond acceptors (Lipinski definition) is 5. The molecule has 0 radical (unpaired) electrons. The Hall–Kier alpha value is -0.600. The predicted octanol–water partition coefficient (Wildman–Crippen LogP) is -0.759. The minimum absolute atomic E-state index is 0. The van der Waals surface area contributed by atoms with Gasteiger partial charge in [-0.2, -0.15) is 0 Å². The van der Waals surface area contributed by atoms with Gasteiger partial charge in [0.05, 0.1) is 13.2 Å². The molecule has 3 fully saturated rings. The zero-order chi connectivity index (χ0) is 14.7. The first kappa shape index (κ1) is 20.4. The van der Waals surface area contributed by atoms with Crippen molar-refractivity contribution in [2.24, 2.45) is 0 Å². The molecule has 0 spiro atoms. The Morgan fingerprint density at radius 3 is 2.39 bits per heavy atom. The maximum atomic E-state index is 12.3. The highest BCUT2D eigenvalue weighted by molar-refractivity contribution is 5.85. The molecular formula is C14H26Cl2N4O3. The van der Waals surface area contributed by atoms with E-state index >= 15 is 0 Å². The number of morpholine rings is 1. The number of nitrogens with one attached hydrogen (secondary N) is 2. The van der Waals surface area contributed by atoms with Crippen LogP contribution in [0.5, 0.6) is 0 Å². The summed E-state index contributed by atoms with van der Waals surface area (Å²) in [5, 5.41) is 6.18. The average Bonchev–Trinajstić information content (AvgIpc) is 3.32. The highest BCUT2D eigenvalue weighted by Gasteiger charge is 2.30. The van der Waals surface area contributed by atoms with E-state index in [2.05, 4.69) is 15.5 Å². The summed E-state index contributed by atoms with van der Waals surface area (Å²) in [5.41, 5.74) is 0. The monoisotopic (exact) mass is 368 g/mol. The molecule has 1 saturated carbocycles. The summed E-state index contributed by atoms with van der Waals surface area (Å²) in [6, 6.07) is 0.413. The summed E-state index contributed by atoms with van der Waals surface area (Å²) < 4.78 is 5.50. The molecule has 23 heavy (non-hydrogen) atoms. The third-order valence-corrected chi connectivity index (χ3v) is 4.20. The van der Waals surface area contributed by atoms with Gasteiger partial charge in [0.15, 0.2) is 0 Å². The second kappa shape index (κ2) is 9.64. The predicted molar refractivity (Wildman–Crippen MR) is 91.3 cm³/mol. The molecule has 2 N–H and O–H groups in total. The third-order valence-electron chi connectivity index (χ3n) is 4.20. The van der Waals surface area contributed by atoms with Gasteiger partial charge in [-0.05, 0) is 12.8 Å². The van der Waals surface area contributed by atoms with Crippen molar-refractivity contribution in [2.75, 3.05) is 52.4 Å². The molecule has 2 heterocycles. The Bertz CT molecular complexity index is 395. The molecule has 0 aromatic heterocycles. The lowest BCUT2D eigenvalue weighted by Crippen LogP contribution is -2.56. The molecule has 2 amide bonds. The number of hydrogen-bond donors (Lipinski definition) is 2. The maximum absolute atomic E-state index is 12.3. The molecule has 7 nitrogen and oxygen atoms in total. The van der Waals surface area contributed by atoms with E-state index in [0.29, 0.717) is 38.8 Å². The second-order valence-electron chi connectivity index (χ2n) is 6.01. The van der Waals surface area contributed by atoms with Crippen molar-refractivity contribution in [1.82, 2.24) is 20.4 Å². The van der Waals surface area contributed by atoms with Crippen molar-refractivity contribution < 1.29 is 14.3 Å². The van der Waals surface area contributed by atoms with Crippen LogP contribution < -0.4 is 10.6 Å². The summed E-state index contributed by atoms with van der Waals surface area (Å²) >= 11 is 0. The van der Waals surface area contributed by atoms with E-state index in [0.717, 1.165) is 32.5 Å². The van der Waals surface area contributed by atoms with E-state index in [9.17, 15) is 9.59 Å². The third kappa shape index (κ3) is 6.08. The second-order valence-corrected chi connectivity index (χ2v) is 6.01. The van der Waals surface area contributed by atoms with Gasteiger partial charge in [0.2, 0.25) is 5.91 Å². The van der Waals surface area contributed by atoms with E-state index in [1.54, 1.807) is 0 Å². The number of amides is 2. The van der Waals surface area contributed by atoms with E-state index in [1.807, 2.05) is 4.90 Å². The van der Waals surface area contributed by atoms with Gasteiger partial charge in [-0.15, -0.1) is 24.8 Å². The summed E-state index contributed by atoms with van der Waals surface area (Å²) in [6.45, 7) is 5.31. The quantitative estimate of drug-likeness (QED) is 0.682. The number of carbonyl (C=O) groups is 2. The minimum Gasteiger partial charge on any atom is -0.366 e. The smallest absolute Gasteiger partial charge is 0.253 e. The largest absolute Gasteiger partial charge is 0.366 e. The topological polar surface area (TPSA) is 73.9 Å². The number of piperazine rings is 1. The van der Waals surface area contributed by atoms with E-state index < -0.39 is 0 Å². The molecule has 134 valence electrons. The van der Waals surface area contributed by atoms with Crippen LogP contribution in [0.15, 0.2) is 0 Å². The molecule has 1 aliphatic carbocycles. The van der Waals surface area contributed by atoms with Gasteiger partial charge < -0.3 is 20.3 Å². The van der Waals surface area contributed by atoms with Gasteiger partial charge in [-0.1, -0.05) is 0 Å². The van der Waals surface area contributed by atoms with Crippen molar-refractivity contribution in [3.8, 4) is 0 Å². The highest BCUT2D eigenvalue weighted by atomic mass is 35.5. The molecule has 2 saturated heterocycles. The fourth-order valence-electron chi connectivity index (χ4n) is 2.76. The van der Waals surface area contributed by atoms with Crippen molar-refractivity contribution in [3.63, 3.8) is 0 Å². The van der Waals surface area contributed by atoms with Gasteiger partial charge >= 0.3 is 0 Å². The molecule has 0 bridgehead atoms. The zero-order valence-electron chi connectivity index (χ0n) is 13.2. The Kier molecular flexibility index (Phi) is 8.57. The molecule has 9 heteroatoms. The lowest BCUT2D eigenvalue weighted by molar-refractivity contribution is -0.147. The number of rotatable bonds is 4. The van der Waals surface area contributed by atoms with Crippen molar-refractivity contribution in [1.29, 1.82) is 0 Å². The zero-order valence-corrected chi connectivity index (χ0v) is 14.8. The highest BCUT2D eigenvalue weighted by Crippen LogP contribution is 2.18. The van der Waals surface area contributed by atoms with Gasteiger partial charge in [-0.25, -0.2) is 0 Å². The number of nitrogens with zero attached hydrogens (tertiary/aromatic N) is 2. The first-order valence-electron chi connectivity index (χ1n) is 7.85. The van der Waals surface area contributed by atoms with Crippen LogP contribution in [0.4, 0.5) is 0 Å². The molecule has 3 rings (SSSR count). The molecule has 3 aliphatic rings. The summed E-state index contributed by atoms with van der Waals surface area (Å²) in [6.07, 6.45) is 1.89. The van der Waals surface area contributed by atoms with Gasteiger partial charge in [0.25, 0.3) is 5.91 Å². The molecule has 1 unspecified atom stereocenters. The maximum Gasteiger partial charge on any atom is 0.253 e. The Labute approximate surface area is 149 Å². The van der Waals surface area contributed by atoms with Crippen molar-refractivity contribution >= 4 is 36.6 Å². The minimum atomic E-state index is -0.344. The Morgan fingerprint density at radius 2 is 1.83 bits per heavy atom. The van der Waals surface area contributed by atoms with Gasteiger partial charge in [0.1, 0.15) is 6.10 Å². The van der Waals surface area contributed by atoms with Crippen LogP contribution in [-0.2, 0) is 14.3 Å². The first-order valence-corrected chi connectivity index (χ1v) is 7.85. The van der Waals surface area contributed by atoms with Crippen LogP contribution >= 0.6 is 24.8 Å². The van der Waals surface area contributed by atoms with E-state index in [-0.39, 0.29) is 42.7 Å². The summed E-state index contributed by atoms with van der Waals surface area (Å²) in [5.74, 6) is 0.182. The standard InChI is InChI=1S/C14H24N4O3.2ClH/c19-13(16-11-1-2-11)10-17-4-6-18(7-5-17)14(20)12-9-15-3-8-21-12;;/h11-12,15H,1-10H2,(H,16,19);2*1H. The Morgan fingerprint density at radius 1 is 1.13 bits per heavy atom. The molecule has 0 aromatic rings. The number of carbonyl (C=O) groups excluding carboxylic acids is 2. The van der Waals surface area contributed by atoms with E-state index in [1.165, 1.54) is 0 Å². The normalized spacial score (nSPS) is 25.0. The summed E-state index contributed by atoms with van der Waals surface area (Å²) in [7, 11) is 0. The van der Waals surface area contributed by atoms with Crippen LogP contribution in [-0.4, -0.2) is 86.2 Å². The molecular weight excluding hydrogens is 343 g/mol. The van der Waals surface area contributed by atoms with Crippen molar-refractivity contribution in [3.05, 3.63) is 0 Å². The number of halogens is 2. The van der Waals surface area contributed by atoms with Crippen LogP contribution in [0.25, 0.3) is 0 Å². The Balaban J connectivity index is 0.00000132. The summed E-state index contributed by atoms with van der Waals surface area (Å²) in [4.78, 5) is 28.0. The lowest BCUT2D eigenvalue weighted by Gasteiger charge is -2.36. The first-order chi connectivity index (χ1) is 10.2. The fraction of sp³-hybridized carbons (Fsp3) is 0.857. The molecule has 1 atom stereocenters. The SMILES string of the molecule is Cl.Cl.O=C(CN1CCN(C(=O)C2CNCCO2)CC1)NC1CC1. The van der Waals surface area contributed by atoms with Gasteiger partial charge in [-0.3, -0.25) is 14.5 Å². The van der Waals surface area contributed by atoms with Gasteiger partial charge in [0, 0.05) is 45.3 Å². The molecule has 2 aliphatic heterocycles. The van der Waals surface area contributed by atoms with Crippen LogP contribution in [0.3, 0.4) is 0 Å². The average molecular weight is 369 g/mol. The van der Waals surface area contributed by atoms with Crippen LogP contribution in [0.1, 0.15) is 12.8 Å². The fourth-order valence-corrected chi connectivity index (χ4v) is 2.76.